The molecule has 1 aliphatic carbocycles. The maximum atomic E-state index is 12.4. The number of benzene rings is 4. The first-order valence-corrected chi connectivity index (χ1v) is 23.9. The molecule has 0 spiro atoms. The largest absolute Gasteiger partial charge is 0.462 e. The Bertz CT molecular complexity index is 2650. The minimum atomic E-state index is -0.550. The van der Waals surface area contributed by atoms with Crippen molar-refractivity contribution in [3.63, 3.8) is 0 Å². The molecule has 14 nitrogen and oxygen atoms in total. The molecule has 4 N–H and O–H groups in total. The lowest BCUT2D eigenvalue weighted by molar-refractivity contribution is -0.149. The highest BCUT2D eigenvalue weighted by atomic mass is 16.6. The minimum absolute atomic E-state index is 0.00746. The molecule has 70 heavy (non-hydrogen) atoms. The van der Waals surface area contributed by atoms with Crippen molar-refractivity contribution < 1.29 is 57.8 Å². The van der Waals surface area contributed by atoms with Crippen LogP contribution >= 0.6 is 0 Å². The van der Waals surface area contributed by atoms with Crippen LogP contribution in [0.3, 0.4) is 0 Å². The summed E-state index contributed by atoms with van der Waals surface area (Å²) in [5.41, 5.74) is 7.71. The predicted molar refractivity (Wildman–Crippen MR) is 258 cm³/mol. The number of hydrogen-bond acceptors (Lipinski definition) is 12. The van der Waals surface area contributed by atoms with Crippen LogP contribution in [-0.2, 0) is 50.9 Å². The highest BCUT2D eigenvalue weighted by Gasteiger charge is 2.57. The van der Waals surface area contributed by atoms with E-state index in [-0.39, 0.29) is 105 Å². The molecule has 0 bridgehead atoms. The van der Waals surface area contributed by atoms with Crippen LogP contribution in [0.2, 0.25) is 0 Å². The number of aliphatic hydroxyl groups excluding tert-OH is 2. The molecular formula is C56H60N2O12. The summed E-state index contributed by atoms with van der Waals surface area (Å²) in [6.07, 6.45) is -1.94. The Morgan fingerprint density at radius 2 is 1.09 bits per heavy atom. The quantitative estimate of drug-likeness (QED) is 0.0815. The minimum Gasteiger partial charge on any atom is -0.462 e. The van der Waals surface area contributed by atoms with Gasteiger partial charge in [-0.1, -0.05) is 96.5 Å². The van der Waals surface area contributed by atoms with Gasteiger partial charge in [0.25, 0.3) is 0 Å². The Kier molecular flexibility index (Phi) is 15.6. The molecule has 14 heteroatoms. The van der Waals surface area contributed by atoms with Gasteiger partial charge in [-0.2, -0.15) is 0 Å². The third-order valence-electron chi connectivity index (χ3n) is 13.4. The van der Waals surface area contributed by atoms with Crippen LogP contribution in [0.4, 0.5) is 9.59 Å². The zero-order valence-corrected chi connectivity index (χ0v) is 40.0. The molecule has 0 radical (unpaired) electrons. The van der Waals surface area contributed by atoms with Gasteiger partial charge in [-0.3, -0.25) is 9.59 Å². The molecule has 4 aliphatic heterocycles. The van der Waals surface area contributed by atoms with Gasteiger partial charge in [-0.15, -0.1) is 0 Å². The molecule has 2 unspecified atom stereocenters. The zero-order chi connectivity index (χ0) is 49.5. The molecule has 4 fully saturated rings. The van der Waals surface area contributed by atoms with E-state index < -0.39 is 23.9 Å². The number of rotatable bonds is 10. The number of amides is 2. The Morgan fingerprint density at radius 1 is 0.629 bits per heavy atom. The number of carbonyl (C=O) groups is 4. The lowest BCUT2D eigenvalue weighted by Gasteiger charge is -2.19. The van der Waals surface area contributed by atoms with E-state index >= 15 is 0 Å². The van der Waals surface area contributed by atoms with Crippen LogP contribution in [0.5, 0.6) is 0 Å². The molecule has 366 valence electrons. The third-order valence-corrected chi connectivity index (χ3v) is 13.4. The summed E-state index contributed by atoms with van der Waals surface area (Å²) in [5, 5.41) is 24.7. The number of aliphatic hydroxyl groups is 2. The van der Waals surface area contributed by atoms with Gasteiger partial charge >= 0.3 is 24.1 Å². The van der Waals surface area contributed by atoms with Gasteiger partial charge in [-0.25, -0.2) is 9.59 Å². The highest BCUT2D eigenvalue weighted by Crippen LogP contribution is 2.46. The van der Waals surface area contributed by atoms with Crippen molar-refractivity contribution in [2.24, 2.45) is 23.7 Å². The van der Waals surface area contributed by atoms with Gasteiger partial charge in [0.15, 0.2) is 0 Å². The van der Waals surface area contributed by atoms with Gasteiger partial charge in [0, 0.05) is 28.9 Å². The maximum absolute atomic E-state index is 12.4. The van der Waals surface area contributed by atoms with E-state index in [1.807, 2.05) is 86.6 Å². The number of ether oxygens (including phenoxy) is 6. The Hall–Kier alpha value is -6.68. The summed E-state index contributed by atoms with van der Waals surface area (Å²) in [6.45, 7) is 9.41. The molecule has 4 saturated heterocycles. The number of hydrogen-bond donors (Lipinski definition) is 4. The Morgan fingerprint density at radius 3 is 1.54 bits per heavy atom. The van der Waals surface area contributed by atoms with E-state index in [0.29, 0.717) is 12.8 Å². The standard InChI is InChI=1S/C33H31NO6.C23H29NO6/c1-20-30-29(18-35)40-28(31(30)32(36)39-20)17-22-9-6-8-21(16-22)10-7-15-34-33(37)38-19-27-25-13-4-2-11-23(25)24-12-3-5-14-26(24)27;1-14-19-18(13-25)29-17(20(19)21(26)28-14)12-16-8-5-7-15(11-16)9-6-10-24-22(27)30-23(2,3)4/h2-6,8-9,11-14,16,20,27-31,35H,15,17-19H2,1H3,(H,34,37);5,7-8,11,14,17-20,25H,10,12-13H2,1-4H3,(H,24,27)/t20-,28?,29-,30+,31-;14-,17?,18-,19+,20-/m11/s1. The van der Waals surface area contributed by atoms with Gasteiger partial charge in [0.2, 0.25) is 0 Å². The summed E-state index contributed by atoms with van der Waals surface area (Å²) in [7, 11) is 0. The van der Waals surface area contributed by atoms with Crippen molar-refractivity contribution in [1.82, 2.24) is 10.6 Å². The lowest BCUT2D eigenvalue weighted by Crippen LogP contribution is -2.32. The van der Waals surface area contributed by atoms with E-state index in [2.05, 4.69) is 58.6 Å². The number of cyclic esters (lactones) is 2. The van der Waals surface area contributed by atoms with Gasteiger partial charge in [-0.05, 0) is 105 Å². The van der Waals surface area contributed by atoms with Crippen LogP contribution in [-0.4, -0.2) is 109 Å². The van der Waals surface area contributed by atoms with Crippen LogP contribution in [0.25, 0.3) is 11.1 Å². The third kappa shape index (κ3) is 11.5. The van der Waals surface area contributed by atoms with Gasteiger partial charge in [0.05, 0.1) is 62.6 Å². The first-order chi connectivity index (χ1) is 33.7. The normalized spacial score (nSPS) is 25.8. The van der Waals surface area contributed by atoms with Crippen molar-refractivity contribution in [3.05, 3.63) is 130 Å². The van der Waals surface area contributed by atoms with Crippen molar-refractivity contribution in [3.8, 4) is 34.8 Å². The first kappa shape index (κ1) is 49.7. The molecule has 10 atom stereocenters. The number of fused-ring (bicyclic) bond motifs is 5. The van der Waals surface area contributed by atoms with Crippen molar-refractivity contribution >= 4 is 24.1 Å². The van der Waals surface area contributed by atoms with Crippen molar-refractivity contribution in [2.75, 3.05) is 32.9 Å². The van der Waals surface area contributed by atoms with Crippen LogP contribution in [0.1, 0.15) is 73.9 Å². The van der Waals surface area contributed by atoms with E-state index in [0.717, 1.165) is 22.3 Å². The maximum Gasteiger partial charge on any atom is 0.408 e. The molecule has 2 amide bonds. The summed E-state index contributed by atoms with van der Waals surface area (Å²) in [5.74, 6) is 10.5. The van der Waals surface area contributed by atoms with Gasteiger partial charge in [0.1, 0.15) is 24.4 Å². The van der Waals surface area contributed by atoms with Crippen LogP contribution in [0.15, 0.2) is 97.1 Å². The number of carbonyl (C=O) groups excluding carboxylic acids is 4. The fourth-order valence-corrected chi connectivity index (χ4v) is 10.4. The molecule has 4 heterocycles. The summed E-state index contributed by atoms with van der Waals surface area (Å²) >= 11 is 0. The van der Waals surface area contributed by atoms with Gasteiger partial charge < -0.3 is 49.3 Å². The number of nitrogens with one attached hydrogen (secondary N) is 2. The first-order valence-electron chi connectivity index (χ1n) is 23.9. The van der Waals surface area contributed by atoms with Crippen LogP contribution in [0, 0.1) is 47.4 Å². The second-order valence-corrected chi connectivity index (χ2v) is 19.2. The molecule has 4 aromatic carbocycles. The van der Waals surface area contributed by atoms with E-state index in [1.165, 1.54) is 22.3 Å². The molecule has 0 aromatic heterocycles. The van der Waals surface area contributed by atoms with E-state index in [9.17, 15) is 29.4 Å². The predicted octanol–water partition coefficient (Wildman–Crippen LogP) is 6.10. The second kappa shape index (κ2) is 22.0. The van der Waals surface area contributed by atoms with Crippen molar-refractivity contribution in [2.45, 2.75) is 95.6 Å². The average molecular weight is 953 g/mol. The number of alkyl carbamates (subject to hydrolysis) is 2. The van der Waals surface area contributed by atoms with Crippen molar-refractivity contribution in [1.29, 1.82) is 0 Å². The van der Waals surface area contributed by atoms with Crippen LogP contribution < -0.4 is 10.6 Å². The molecule has 0 saturated carbocycles. The Balaban J connectivity index is 0.000000197. The summed E-state index contributed by atoms with van der Waals surface area (Å²) in [6, 6.07) is 31.8. The fourth-order valence-electron chi connectivity index (χ4n) is 10.4. The average Bonchev–Trinajstić information content (AvgIpc) is 4.13. The molecule has 4 aromatic rings. The highest BCUT2D eigenvalue weighted by molar-refractivity contribution is 5.79. The Labute approximate surface area is 408 Å². The summed E-state index contributed by atoms with van der Waals surface area (Å²) < 4.78 is 33.5. The SMILES string of the molecule is C[C@H]1OC(=O)[C@@H]2C(Cc3cccc(C#CCNC(=O)OC(C)(C)C)c3)O[C@H](CO)[C@@H]21.C[C@H]1OC(=O)[C@@H]2C(Cc3cccc(C#CCNC(=O)OCC4c5ccccc5-c5ccccc54)c3)O[C@H](CO)[C@@H]21. The van der Waals surface area contributed by atoms with E-state index in [4.69, 9.17) is 28.4 Å². The monoisotopic (exact) mass is 952 g/mol. The second-order valence-electron chi connectivity index (χ2n) is 19.2. The molecule has 5 aliphatic rings. The zero-order valence-electron chi connectivity index (χ0n) is 40.0. The molecular weight excluding hydrogens is 893 g/mol. The fraction of sp³-hybridized carbons (Fsp3) is 0.429. The number of esters is 2. The molecule has 9 rings (SSSR count). The smallest absolute Gasteiger partial charge is 0.408 e. The lowest BCUT2D eigenvalue weighted by atomic mass is 9.84. The topological polar surface area (TPSA) is 188 Å². The summed E-state index contributed by atoms with van der Waals surface area (Å²) in [4.78, 5) is 48.7. The van der Waals surface area contributed by atoms with E-state index in [1.54, 1.807) is 20.8 Å².